The van der Waals surface area contributed by atoms with Gasteiger partial charge in [0.1, 0.15) is 4.99 Å². The molecule has 1 atom stereocenters. The van der Waals surface area contributed by atoms with Gasteiger partial charge in [0, 0.05) is 24.3 Å². The van der Waals surface area contributed by atoms with Crippen LogP contribution >= 0.6 is 12.2 Å². The molecule has 0 aromatic heterocycles. The third-order valence-corrected chi connectivity index (χ3v) is 4.21. The molecule has 1 unspecified atom stereocenters. The van der Waals surface area contributed by atoms with E-state index in [2.05, 4.69) is 31.7 Å². The second-order valence-electron chi connectivity index (χ2n) is 5.57. The first-order valence-corrected chi connectivity index (χ1v) is 7.06. The average Bonchev–Trinajstić information content (AvgIpc) is 2.77. The monoisotopic (exact) mass is 262 g/mol. The van der Waals surface area contributed by atoms with Crippen LogP contribution in [0.1, 0.15) is 31.4 Å². The summed E-state index contributed by atoms with van der Waals surface area (Å²) in [7, 11) is 0. The number of nitrogens with zero attached hydrogens (tertiary/aromatic N) is 1. The van der Waals surface area contributed by atoms with Crippen LogP contribution < -0.4 is 10.6 Å². The molecule has 1 heterocycles. The van der Waals surface area contributed by atoms with E-state index in [-0.39, 0.29) is 0 Å². The van der Waals surface area contributed by atoms with Gasteiger partial charge in [-0.1, -0.05) is 38.2 Å². The molecule has 1 aromatic rings. The van der Waals surface area contributed by atoms with Crippen molar-refractivity contribution in [3.8, 4) is 0 Å². The number of thiocarbonyl (C=S) groups is 1. The molecule has 0 amide bonds. The third kappa shape index (κ3) is 2.51. The Kier molecular flexibility index (Phi) is 3.91. The first-order chi connectivity index (χ1) is 8.50. The van der Waals surface area contributed by atoms with Crippen LogP contribution in [-0.4, -0.2) is 18.1 Å². The molecule has 98 valence electrons. The first kappa shape index (κ1) is 13.3. The Balaban J connectivity index is 2.32. The maximum absolute atomic E-state index is 5.85. The predicted octanol–water partition coefficient (Wildman–Crippen LogP) is 3.11. The van der Waals surface area contributed by atoms with Crippen molar-refractivity contribution in [3.05, 3.63) is 29.3 Å². The summed E-state index contributed by atoms with van der Waals surface area (Å²) >= 11 is 5.18. The number of hydrogen-bond acceptors (Lipinski definition) is 2. The molecule has 1 saturated heterocycles. The average molecular weight is 262 g/mol. The first-order valence-electron chi connectivity index (χ1n) is 6.65. The zero-order chi connectivity index (χ0) is 13.3. The summed E-state index contributed by atoms with van der Waals surface area (Å²) in [4.78, 5) is 2.95. The van der Waals surface area contributed by atoms with Gasteiger partial charge in [0.2, 0.25) is 0 Å². The summed E-state index contributed by atoms with van der Waals surface area (Å²) in [5, 5.41) is 0. The van der Waals surface area contributed by atoms with Gasteiger partial charge in [-0.05, 0) is 36.8 Å². The smallest absolute Gasteiger partial charge is 0.106 e. The molecule has 2 rings (SSSR count). The summed E-state index contributed by atoms with van der Waals surface area (Å²) in [6.45, 7) is 8.99. The van der Waals surface area contributed by atoms with E-state index in [1.807, 2.05) is 12.1 Å². The van der Waals surface area contributed by atoms with Crippen molar-refractivity contribution < 1.29 is 0 Å². The van der Waals surface area contributed by atoms with Gasteiger partial charge < -0.3 is 10.6 Å². The van der Waals surface area contributed by atoms with E-state index in [0.717, 1.165) is 30.5 Å². The minimum absolute atomic E-state index is 0.502. The van der Waals surface area contributed by atoms with Crippen molar-refractivity contribution in [2.75, 3.05) is 18.0 Å². The molecule has 0 bridgehead atoms. The maximum atomic E-state index is 5.85. The van der Waals surface area contributed by atoms with Crippen LogP contribution in [0.25, 0.3) is 0 Å². The lowest BCUT2D eigenvalue weighted by molar-refractivity contribution is 0.422. The highest BCUT2D eigenvalue weighted by molar-refractivity contribution is 7.80. The van der Waals surface area contributed by atoms with Crippen LogP contribution in [0, 0.1) is 18.8 Å². The van der Waals surface area contributed by atoms with Crippen molar-refractivity contribution in [2.24, 2.45) is 17.6 Å². The number of benzene rings is 1. The molecular formula is C15H22N2S. The van der Waals surface area contributed by atoms with Crippen molar-refractivity contribution in [2.45, 2.75) is 27.2 Å². The lowest BCUT2D eigenvalue weighted by Crippen LogP contribution is -2.25. The standard InChI is InChI=1S/C15H22N2S/c1-10(2)12-7-8-17(9-12)14-11(3)5-4-6-13(14)15(16)18/h4-6,10,12H,7-9H2,1-3H3,(H2,16,18). The fourth-order valence-electron chi connectivity index (χ4n) is 2.81. The maximum Gasteiger partial charge on any atom is 0.106 e. The Labute approximate surface area is 115 Å². The van der Waals surface area contributed by atoms with Gasteiger partial charge in [-0.15, -0.1) is 0 Å². The van der Waals surface area contributed by atoms with Gasteiger partial charge in [0.15, 0.2) is 0 Å². The minimum atomic E-state index is 0.502. The van der Waals surface area contributed by atoms with Crippen LogP contribution in [0.5, 0.6) is 0 Å². The third-order valence-electron chi connectivity index (χ3n) is 3.99. The number of nitrogens with two attached hydrogens (primary N) is 1. The fraction of sp³-hybridized carbons (Fsp3) is 0.533. The quantitative estimate of drug-likeness (QED) is 0.849. The van der Waals surface area contributed by atoms with E-state index in [9.17, 15) is 0 Å². The lowest BCUT2D eigenvalue weighted by Gasteiger charge is -2.24. The van der Waals surface area contributed by atoms with Crippen LogP contribution in [0.4, 0.5) is 5.69 Å². The van der Waals surface area contributed by atoms with Crippen molar-refractivity contribution in [3.63, 3.8) is 0 Å². The normalized spacial score (nSPS) is 19.6. The molecule has 0 radical (unpaired) electrons. The van der Waals surface area contributed by atoms with Crippen LogP contribution in [0.3, 0.4) is 0 Å². The van der Waals surface area contributed by atoms with Crippen LogP contribution in [0.2, 0.25) is 0 Å². The number of aryl methyl sites for hydroxylation is 1. The van der Waals surface area contributed by atoms with Gasteiger partial charge in [-0.2, -0.15) is 0 Å². The number of anilines is 1. The summed E-state index contributed by atoms with van der Waals surface area (Å²) in [5.74, 6) is 1.52. The number of hydrogen-bond donors (Lipinski definition) is 1. The largest absolute Gasteiger partial charge is 0.389 e. The Morgan fingerprint density at radius 3 is 2.72 bits per heavy atom. The second-order valence-corrected chi connectivity index (χ2v) is 6.01. The Morgan fingerprint density at radius 2 is 2.17 bits per heavy atom. The predicted molar refractivity (Wildman–Crippen MR) is 82.2 cm³/mol. The van der Waals surface area contributed by atoms with Gasteiger partial charge >= 0.3 is 0 Å². The molecule has 3 heteroatoms. The number of para-hydroxylation sites is 1. The van der Waals surface area contributed by atoms with Gasteiger partial charge in [0.25, 0.3) is 0 Å². The van der Waals surface area contributed by atoms with E-state index >= 15 is 0 Å². The molecule has 0 spiro atoms. The Bertz CT molecular complexity index is 454. The summed E-state index contributed by atoms with van der Waals surface area (Å²) in [6, 6.07) is 6.20. The highest BCUT2D eigenvalue weighted by Crippen LogP contribution is 2.32. The van der Waals surface area contributed by atoms with E-state index in [1.54, 1.807) is 0 Å². The van der Waals surface area contributed by atoms with Crippen LogP contribution in [-0.2, 0) is 0 Å². The van der Waals surface area contributed by atoms with E-state index < -0.39 is 0 Å². The Morgan fingerprint density at radius 1 is 1.44 bits per heavy atom. The molecule has 18 heavy (non-hydrogen) atoms. The zero-order valence-electron chi connectivity index (χ0n) is 11.4. The molecule has 0 aliphatic carbocycles. The molecule has 2 nitrogen and oxygen atoms in total. The van der Waals surface area contributed by atoms with Crippen molar-refractivity contribution in [1.29, 1.82) is 0 Å². The van der Waals surface area contributed by atoms with E-state index in [4.69, 9.17) is 18.0 Å². The molecule has 1 aliphatic rings. The lowest BCUT2D eigenvalue weighted by atomic mass is 9.95. The van der Waals surface area contributed by atoms with Gasteiger partial charge in [-0.25, -0.2) is 0 Å². The minimum Gasteiger partial charge on any atom is -0.389 e. The summed E-state index contributed by atoms with van der Waals surface area (Å²) < 4.78 is 0. The van der Waals surface area contributed by atoms with Crippen molar-refractivity contribution in [1.82, 2.24) is 0 Å². The summed E-state index contributed by atoms with van der Waals surface area (Å²) in [5.41, 5.74) is 9.38. The number of rotatable bonds is 3. The van der Waals surface area contributed by atoms with Crippen LogP contribution in [0.15, 0.2) is 18.2 Å². The molecule has 1 aromatic carbocycles. The van der Waals surface area contributed by atoms with E-state index in [1.165, 1.54) is 17.7 Å². The SMILES string of the molecule is Cc1cccc(C(N)=S)c1N1CCC(C(C)C)C1. The summed E-state index contributed by atoms with van der Waals surface area (Å²) in [6.07, 6.45) is 1.27. The van der Waals surface area contributed by atoms with Gasteiger partial charge in [0.05, 0.1) is 0 Å². The van der Waals surface area contributed by atoms with Gasteiger partial charge in [-0.3, -0.25) is 0 Å². The topological polar surface area (TPSA) is 29.3 Å². The van der Waals surface area contributed by atoms with E-state index in [0.29, 0.717) is 4.99 Å². The molecule has 1 aliphatic heterocycles. The zero-order valence-corrected chi connectivity index (χ0v) is 12.3. The van der Waals surface area contributed by atoms with Crippen molar-refractivity contribution >= 4 is 22.9 Å². The Hall–Kier alpha value is -1.09. The molecule has 2 N–H and O–H groups in total. The fourth-order valence-corrected chi connectivity index (χ4v) is 2.98. The highest BCUT2D eigenvalue weighted by atomic mass is 32.1. The molecule has 1 fully saturated rings. The molecular weight excluding hydrogens is 240 g/mol. The second kappa shape index (κ2) is 5.27. The highest BCUT2D eigenvalue weighted by Gasteiger charge is 2.27. The molecule has 0 saturated carbocycles.